The number of allylic oxidation sites excluding steroid dienone is 5. The largest absolute Gasteiger partial charge is 0.444 e. The molecule has 202 valence electrons. The van der Waals surface area contributed by atoms with Crippen molar-refractivity contribution in [3.8, 4) is 6.07 Å². The lowest BCUT2D eigenvalue weighted by molar-refractivity contribution is -0.112. The fraction of sp³-hybridized carbons (Fsp3) is 0.321. The minimum Gasteiger partial charge on any atom is -0.444 e. The van der Waals surface area contributed by atoms with Crippen molar-refractivity contribution in [2.24, 2.45) is 0 Å². The number of carbonyl (C=O) groups excluding carboxylic acids is 2. The van der Waals surface area contributed by atoms with Crippen LogP contribution in [0.4, 0.5) is 4.79 Å². The Morgan fingerprint density at radius 2 is 1.76 bits per heavy atom. The molecular weight excluding hydrogens is 504 g/mol. The number of Topliss-reactive ketones (excluding diaryl/α,β-unsaturated/α-hetero) is 1. The molecule has 0 saturated carbocycles. The smallest absolute Gasteiger partial charge is 0.412 e. The van der Waals surface area contributed by atoms with Crippen molar-refractivity contribution in [2.75, 3.05) is 20.6 Å². The number of amides is 1. The van der Waals surface area contributed by atoms with Crippen LogP contribution in [0, 0.1) is 18.3 Å². The van der Waals surface area contributed by atoms with Gasteiger partial charge >= 0.3 is 6.09 Å². The van der Waals surface area contributed by atoms with Gasteiger partial charge in [0.1, 0.15) is 22.9 Å². The topological polar surface area (TPSA) is 120 Å². The highest BCUT2D eigenvalue weighted by molar-refractivity contribution is 7.89. The van der Waals surface area contributed by atoms with E-state index < -0.39 is 27.5 Å². The number of nitriles is 1. The molecule has 38 heavy (non-hydrogen) atoms. The van der Waals surface area contributed by atoms with E-state index in [1.165, 1.54) is 35.4 Å². The van der Waals surface area contributed by atoms with E-state index in [4.69, 9.17) is 4.74 Å². The van der Waals surface area contributed by atoms with Gasteiger partial charge in [-0.15, -0.1) is 0 Å². The highest BCUT2D eigenvalue weighted by Gasteiger charge is 2.32. The van der Waals surface area contributed by atoms with Gasteiger partial charge in [0.15, 0.2) is 0 Å². The summed E-state index contributed by atoms with van der Waals surface area (Å²) in [5.74, 6) is -0.791. The maximum Gasteiger partial charge on any atom is 0.412 e. The molecule has 10 heteroatoms. The Labute approximate surface area is 225 Å². The Morgan fingerprint density at radius 1 is 1.16 bits per heavy atom. The number of hydrogen-bond donors (Lipinski definition) is 1. The number of ether oxygens (including phenoxy) is 1. The zero-order valence-electron chi connectivity index (χ0n) is 22.8. The fourth-order valence-corrected chi connectivity index (χ4v) is 4.82. The summed E-state index contributed by atoms with van der Waals surface area (Å²) in [7, 11) is -0.991. The molecule has 0 bridgehead atoms. The quantitative estimate of drug-likeness (QED) is 0.423. The second kappa shape index (κ2) is 12.0. The van der Waals surface area contributed by atoms with Gasteiger partial charge in [-0.05, 0) is 70.0 Å². The van der Waals surface area contributed by atoms with Gasteiger partial charge in [-0.25, -0.2) is 13.2 Å². The number of nitrogens with zero attached hydrogens (tertiary/aromatic N) is 3. The van der Waals surface area contributed by atoms with Crippen molar-refractivity contribution in [3.05, 3.63) is 88.9 Å². The van der Waals surface area contributed by atoms with E-state index in [0.29, 0.717) is 5.57 Å². The molecule has 0 saturated heterocycles. The number of rotatable bonds is 6. The maximum atomic E-state index is 13.9. The zero-order valence-corrected chi connectivity index (χ0v) is 23.6. The average molecular weight is 539 g/mol. The number of alkyl carbamates (subject to hydrolysis) is 1. The molecule has 0 radical (unpaired) electrons. The third-order valence-electron chi connectivity index (χ3n) is 5.11. The second-order valence-corrected chi connectivity index (χ2v) is 11.8. The van der Waals surface area contributed by atoms with Crippen molar-refractivity contribution in [3.63, 3.8) is 0 Å². The SMILES string of the molecule is C=C1/C=C(C)\C(NC(=O)OC(C)(C)C)=C/CN(S(=O)(=O)c2ccc(C)cc2)/C(C(=O)/C(C#N)=C/N(C)C)=C\1. The van der Waals surface area contributed by atoms with Crippen LogP contribution in [-0.4, -0.2) is 55.7 Å². The van der Waals surface area contributed by atoms with Crippen LogP contribution in [-0.2, 0) is 19.6 Å². The van der Waals surface area contributed by atoms with E-state index in [1.807, 2.05) is 13.0 Å². The molecule has 0 aromatic heterocycles. The fourth-order valence-electron chi connectivity index (χ4n) is 3.42. The van der Waals surface area contributed by atoms with Gasteiger partial charge in [0.05, 0.1) is 11.4 Å². The first-order chi connectivity index (χ1) is 17.5. The van der Waals surface area contributed by atoms with E-state index in [9.17, 15) is 23.3 Å². The van der Waals surface area contributed by atoms with E-state index >= 15 is 0 Å². The van der Waals surface area contributed by atoms with Gasteiger partial charge in [0, 0.05) is 26.0 Å². The molecule has 1 N–H and O–H groups in total. The molecule has 9 nitrogen and oxygen atoms in total. The molecule has 1 aromatic rings. The number of aryl methyl sites for hydroxylation is 1. The Balaban J connectivity index is 2.73. The summed E-state index contributed by atoms with van der Waals surface area (Å²) < 4.78 is 34.0. The van der Waals surface area contributed by atoms with Gasteiger partial charge < -0.3 is 9.64 Å². The number of carbonyl (C=O) groups is 2. The van der Waals surface area contributed by atoms with Crippen molar-refractivity contribution in [2.45, 2.75) is 45.1 Å². The minimum atomic E-state index is -4.28. The summed E-state index contributed by atoms with van der Waals surface area (Å²) in [5.41, 5.74) is 0.726. The van der Waals surface area contributed by atoms with E-state index in [-0.39, 0.29) is 34.0 Å². The molecule has 0 unspecified atom stereocenters. The first kappa shape index (κ1) is 30.1. The number of benzene rings is 1. The van der Waals surface area contributed by atoms with Crippen LogP contribution >= 0.6 is 0 Å². The summed E-state index contributed by atoms with van der Waals surface area (Å²) in [6.45, 7) is 12.3. The van der Waals surface area contributed by atoms with Crippen LogP contribution in [0.15, 0.2) is 88.3 Å². The Bertz CT molecular complexity index is 1380. The zero-order chi connectivity index (χ0) is 28.8. The van der Waals surface area contributed by atoms with Gasteiger partial charge in [0.25, 0.3) is 10.0 Å². The van der Waals surface area contributed by atoms with E-state index in [1.54, 1.807) is 60.0 Å². The second-order valence-electron chi connectivity index (χ2n) is 9.97. The number of ketones is 1. The maximum absolute atomic E-state index is 13.9. The number of sulfonamides is 1. The van der Waals surface area contributed by atoms with Gasteiger partial charge in [-0.1, -0.05) is 30.4 Å². The Hall–Kier alpha value is -4.10. The van der Waals surface area contributed by atoms with Crippen LogP contribution in [0.2, 0.25) is 0 Å². The van der Waals surface area contributed by atoms with Crippen LogP contribution < -0.4 is 5.32 Å². The lowest BCUT2D eigenvalue weighted by Crippen LogP contribution is -2.36. The predicted molar refractivity (Wildman–Crippen MR) is 146 cm³/mol. The lowest BCUT2D eigenvalue weighted by atomic mass is 10.1. The summed E-state index contributed by atoms with van der Waals surface area (Å²) in [6.07, 6.45) is 4.99. The van der Waals surface area contributed by atoms with Crippen LogP contribution in [0.25, 0.3) is 0 Å². The molecule has 2 rings (SSSR count). The summed E-state index contributed by atoms with van der Waals surface area (Å²) >= 11 is 0. The molecule has 1 amide bonds. The van der Waals surface area contributed by atoms with Crippen LogP contribution in [0.5, 0.6) is 0 Å². The molecule has 0 fully saturated rings. The first-order valence-electron chi connectivity index (χ1n) is 11.8. The minimum absolute atomic E-state index is 0.0403. The van der Waals surface area contributed by atoms with E-state index in [0.717, 1.165) is 9.87 Å². The predicted octanol–water partition coefficient (Wildman–Crippen LogP) is 4.33. The molecule has 1 heterocycles. The highest BCUT2D eigenvalue weighted by atomic mass is 32.2. The molecule has 1 aromatic carbocycles. The molecule has 0 atom stereocenters. The molecule has 0 spiro atoms. The van der Waals surface area contributed by atoms with Gasteiger partial charge in [0.2, 0.25) is 5.78 Å². The highest BCUT2D eigenvalue weighted by Crippen LogP contribution is 2.27. The number of nitrogens with one attached hydrogen (secondary N) is 1. The van der Waals surface area contributed by atoms with E-state index in [2.05, 4.69) is 11.9 Å². The van der Waals surface area contributed by atoms with Crippen molar-refractivity contribution >= 4 is 21.9 Å². The molecule has 1 aliphatic rings. The average Bonchev–Trinajstić information content (AvgIpc) is 2.84. The Kier molecular flexibility index (Phi) is 9.48. The van der Waals surface area contributed by atoms with Crippen LogP contribution in [0.1, 0.15) is 33.3 Å². The van der Waals surface area contributed by atoms with Crippen molar-refractivity contribution < 1.29 is 22.7 Å². The van der Waals surface area contributed by atoms with Crippen molar-refractivity contribution in [1.82, 2.24) is 14.5 Å². The molecule has 1 aliphatic heterocycles. The number of hydrogen-bond acceptors (Lipinski definition) is 7. The summed E-state index contributed by atoms with van der Waals surface area (Å²) in [5, 5.41) is 12.3. The van der Waals surface area contributed by atoms with Crippen LogP contribution in [0.3, 0.4) is 0 Å². The normalized spacial score (nSPS) is 19.2. The first-order valence-corrected chi connectivity index (χ1v) is 13.2. The third kappa shape index (κ3) is 7.95. The lowest BCUT2D eigenvalue weighted by Gasteiger charge is -2.26. The standard InChI is InChI=1S/C28H34N4O5S/c1-19-9-11-23(12-10-19)38(35,36)32-14-13-24(30-27(34)37-28(4,5)6)21(3)15-20(2)16-25(32)26(33)22(17-29)18-31(7)8/h9-13,15-16,18H,2,14H2,1,3-8H3,(H,30,34)/b21-15-,22-18+,24-13+,25-16-. The molecular formula is C28H34N4O5S. The van der Waals surface area contributed by atoms with Gasteiger partial charge in [-0.3, -0.25) is 14.4 Å². The summed E-state index contributed by atoms with van der Waals surface area (Å²) in [6, 6.07) is 8.05. The Morgan fingerprint density at radius 3 is 2.29 bits per heavy atom. The van der Waals surface area contributed by atoms with Gasteiger partial charge in [-0.2, -0.15) is 5.26 Å². The summed E-state index contributed by atoms with van der Waals surface area (Å²) in [4.78, 5) is 27.5. The third-order valence-corrected chi connectivity index (χ3v) is 6.90. The van der Waals surface area contributed by atoms with Crippen molar-refractivity contribution in [1.29, 1.82) is 5.26 Å². The monoisotopic (exact) mass is 538 g/mol. The molecule has 0 aliphatic carbocycles.